The summed E-state index contributed by atoms with van der Waals surface area (Å²) >= 11 is 12.7. The molecule has 1 aromatic carbocycles. The van der Waals surface area contributed by atoms with E-state index in [-0.39, 0.29) is 4.90 Å². The zero-order chi connectivity index (χ0) is 14.8. The first-order valence-electron chi connectivity index (χ1n) is 6.47. The van der Waals surface area contributed by atoms with Gasteiger partial charge < -0.3 is 0 Å². The van der Waals surface area contributed by atoms with E-state index in [4.69, 9.17) is 11.6 Å². The van der Waals surface area contributed by atoms with E-state index in [0.717, 1.165) is 25.7 Å². The molecule has 0 spiro atoms. The number of hydrogen-bond acceptors (Lipinski definition) is 2. The van der Waals surface area contributed by atoms with Gasteiger partial charge in [0.1, 0.15) is 0 Å². The van der Waals surface area contributed by atoms with E-state index in [1.165, 1.54) is 12.1 Å². The molecule has 0 atom stereocenters. The summed E-state index contributed by atoms with van der Waals surface area (Å²) in [5.41, 5.74) is 0. The standard InChI is InChI=1S/C13H16Br2ClNO2S/c14-10-3-1-9(2-4-10)8-17-20(18,19)11-5-6-13(16)12(15)7-11/h5-7,9-10,17H,1-4,8H2. The third-order valence-electron chi connectivity index (χ3n) is 3.54. The van der Waals surface area contributed by atoms with Crippen molar-refractivity contribution in [2.24, 2.45) is 5.92 Å². The zero-order valence-corrected chi connectivity index (χ0v) is 15.5. The van der Waals surface area contributed by atoms with Gasteiger partial charge in [0.15, 0.2) is 0 Å². The average Bonchev–Trinajstić information content (AvgIpc) is 2.41. The van der Waals surface area contributed by atoms with Gasteiger partial charge >= 0.3 is 0 Å². The number of halogens is 3. The average molecular weight is 446 g/mol. The molecular weight excluding hydrogens is 429 g/mol. The maximum atomic E-state index is 12.2. The Hall–Kier alpha value is 0.380. The summed E-state index contributed by atoms with van der Waals surface area (Å²) in [4.78, 5) is 0.825. The van der Waals surface area contributed by atoms with Crippen LogP contribution in [0, 0.1) is 5.92 Å². The maximum Gasteiger partial charge on any atom is 0.240 e. The smallest absolute Gasteiger partial charge is 0.211 e. The van der Waals surface area contributed by atoms with Crippen LogP contribution >= 0.6 is 43.5 Å². The first-order chi connectivity index (χ1) is 9.38. The Morgan fingerprint density at radius 3 is 2.50 bits per heavy atom. The molecule has 7 heteroatoms. The van der Waals surface area contributed by atoms with Gasteiger partial charge in [-0.05, 0) is 65.7 Å². The van der Waals surface area contributed by atoms with Crippen molar-refractivity contribution in [2.45, 2.75) is 35.4 Å². The van der Waals surface area contributed by atoms with Crippen LogP contribution in [0.2, 0.25) is 5.02 Å². The third kappa shape index (κ3) is 4.44. The monoisotopic (exact) mass is 443 g/mol. The van der Waals surface area contributed by atoms with E-state index in [0.29, 0.717) is 26.8 Å². The molecule has 0 bridgehead atoms. The molecule has 0 aromatic heterocycles. The summed E-state index contributed by atoms with van der Waals surface area (Å²) in [6.07, 6.45) is 4.34. The fourth-order valence-corrected chi connectivity index (χ4v) is 4.60. The van der Waals surface area contributed by atoms with Crippen LogP contribution in [0.5, 0.6) is 0 Å². The lowest BCUT2D eigenvalue weighted by molar-refractivity contribution is 0.366. The molecule has 0 aliphatic heterocycles. The quantitative estimate of drug-likeness (QED) is 0.701. The number of rotatable bonds is 4. The molecule has 0 saturated heterocycles. The summed E-state index contributed by atoms with van der Waals surface area (Å²) in [6.45, 7) is 0.502. The van der Waals surface area contributed by atoms with E-state index in [1.54, 1.807) is 6.07 Å². The van der Waals surface area contributed by atoms with Crippen LogP contribution in [0.3, 0.4) is 0 Å². The second-order valence-corrected chi connectivity index (χ2v) is 9.37. The van der Waals surface area contributed by atoms with E-state index < -0.39 is 10.0 Å². The predicted molar refractivity (Wildman–Crippen MR) is 89.0 cm³/mol. The minimum absolute atomic E-state index is 0.239. The largest absolute Gasteiger partial charge is 0.240 e. The van der Waals surface area contributed by atoms with E-state index in [9.17, 15) is 8.42 Å². The highest BCUT2D eigenvalue weighted by Crippen LogP contribution is 2.29. The highest BCUT2D eigenvalue weighted by molar-refractivity contribution is 9.10. The van der Waals surface area contributed by atoms with Gasteiger partial charge in [0.25, 0.3) is 0 Å². The van der Waals surface area contributed by atoms with Crippen LogP contribution in [-0.2, 0) is 10.0 Å². The summed E-state index contributed by atoms with van der Waals surface area (Å²) in [6, 6.07) is 4.63. The van der Waals surface area contributed by atoms with E-state index in [2.05, 4.69) is 36.6 Å². The molecule has 1 N–H and O–H groups in total. The molecule has 1 saturated carbocycles. The Kier molecular flexibility index (Phi) is 5.94. The van der Waals surface area contributed by atoms with Gasteiger partial charge in [0.2, 0.25) is 10.0 Å². The first kappa shape index (κ1) is 16.7. The molecule has 2 rings (SSSR count). The highest BCUT2D eigenvalue weighted by atomic mass is 79.9. The molecule has 0 amide bonds. The normalized spacial score (nSPS) is 23.8. The number of hydrogen-bond donors (Lipinski definition) is 1. The van der Waals surface area contributed by atoms with Crippen LogP contribution in [-0.4, -0.2) is 19.8 Å². The van der Waals surface area contributed by atoms with Crippen LogP contribution in [0.15, 0.2) is 27.6 Å². The lowest BCUT2D eigenvalue weighted by atomic mass is 9.89. The van der Waals surface area contributed by atoms with E-state index in [1.807, 2.05) is 0 Å². The molecule has 3 nitrogen and oxygen atoms in total. The highest BCUT2D eigenvalue weighted by Gasteiger charge is 2.22. The second kappa shape index (κ2) is 7.09. The van der Waals surface area contributed by atoms with Crippen molar-refractivity contribution in [3.05, 3.63) is 27.7 Å². The van der Waals surface area contributed by atoms with Gasteiger partial charge in [-0.3, -0.25) is 0 Å². The SMILES string of the molecule is O=S(=O)(NCC1CCC(Br)CC1)c1ccc(Cl)c(Br)c1. The van der Waals surface area contributed by atoms with Gasteiger partial charge in [0, 0.05) is 15.8 Å². The van der Waals surface area contributed by atoms with E-state index >= 15 is 0 Å². The Bertz CT molecular complexity index is 572. The first-order valence-corrected chi connectivity index (χ1v) is 10.0. The third-order valence-corrected chi connectivity index (χ3v) is 7.09. The zero-order valence-electron chi connectivity index (χ0n) is 10.8. The Labute approximate surface area is 141 Å². The molecule has 1 aromatic rings. The van der Waals surface area contributed by atoms with Crippen LogP contribution in [0.4, 0.5) is 0 Å². The van der Waals surface area contributed by atoms with Crippen LogP contribution in [0.1, 0.15) is 25.7 Å². The number of nitrogens with one attached hydrogen (secondary N) is 1. The van der Waals surface area contributed by atoms with Crippen molar-refractivity contribution < 1.29 is 8.42 Å². The van der Waals surface area contributed by atoms with Crippen molar-refractivity contribution in [2.75, 3.05) is 6.54 Å². The molecule has 1 aliphatic rings. The molecule has 1 fully saturated rings. The van der Waals surface area contributed by atoms with Crippen molar-refractivity contribution in [3.63, 3.8) is 0 Å². The Balaban J connectivity index is 1.98. The summed E-state index contributed by atoms with van der Waals surface area (Å²) in [7, 11) is -3.46. The molecule has 0 radical (unpaired) electrons. The lowest BCUT2D eigenvalue weighted by Gasteiger charge is -2.25. The molecule has 0 unspecified atom stereocenters. The van der Waals surface area contributed by atoms with Crippen molar-refractivity contribution in [3.8, 4) is 0 Å². The fraction of sp³-hybridized carbons (Fsp3) is 0.538. The molecule has 112 valence electrons. The van der Waals surface area contributed by atoms with Crippen molar-refractivity contribution >= 4 is 53.5 Å². The minimum Gasteiger partial charge on any atom is -0.211 e. The van der Waals surface area contributed by atoms with Gasteiger partial charge in [-0.15, -0.1) is 0 Å². The van der Waals surface area contributed by atoms with Gasteiger partial charge in [0.05, 0.1) is 9.92 Å². The second-order valence-electron chi connectivity index (χ2n) is 5.05. The molecule has 1 aliphatic carbocycles. The van der Waals surface area contributed by atoms with Gasteiger partial charge in [-0.2, -0.15) is 0 Å². The van der Waals surface area contributed by atoms with Gasteiger partial charge in [-0.25, -0.2) is 13.1 Å². The predicted octanol–water partition coefficient (Wildman–Crippen LogP) is 4.33. The Morgan fingerprint density at radius 2 is 1.90 bits per heavy atom. The van der Waals surface area contributed by atoms with Crippen molar-refractivity contribution in [1.82, 2.24) is 4.72 Å². The number of alkyl halides is 1. The number of benzene rings is 1. The van der Waals surface area contributed by atoms with Crippen molar-refractivity contribution in [1.29, 1.82) is 0 Å². The fourth-order valence-electron chi connectivity index (χ4n) is 2.28. The lowest BCUT2D eigenvalue weighted by Crippen LogP contribution is -2.31. The topological polar surface area (TPSA) is 46.2 Å². The summed E-state index contributed by atoms with van der Waals surface area (Å²) in [5.74, 6) is 0.425. The molecule has 20 heavy (non-hydrogen) atoms. The minimum atomic E-state index is -3.46. The summed E-state index contributed by atoms with van der Waals surface area (Å²) in [5, 5.41) is 0.500. The maximum absolute atomic E-state index is 12.2. The molecular formula is C13H16Br2ClNO2S. The summed E-state index contributed by atoms with van der Waals surface area (Å²) < 4.78 is 27.7. The molecule has 0 heterocycles. The van der Waals surface area contributed by atoms with Crippen LogP contribution < -0.4 is 4.72 Å². The van der Waals surface area contributed by atoms with Gasteiger partial charge in [-0.1, -0.05) is 27.5 Å². The van der Waals surface area contributed by atoms with Crippen LogP contribution in [0.25, 0.3) is 0 Å². The number of sulfonamides is 1. The Morgan fingerprint density at radius 1 is 1.25 bits per heavy atom.